The number of aromatic amines is 1. The molecule has 3 rings (SSSR count). The summed E-state index contributed by atoms with van der Waals surface area (Å²) in [6.07, 6.45) is 0. The highest BCUT2D eigenvalue weighted by atomic mass is 16.5. The second-order valence-corrected chi connectivity index (χ2v) is 5.72. The van der Waals surface area contributed by atoms with Crippen LogP contribution in [0.15, 0.2) is 53.3 Å². The Labute approximate surface area is 160 Å². The zero-order valence-corrected chi connectivity index (χ0v) is 15.3. The van der Waals surface area contributed by atoms with Crippen molar-refractivity contribution in [2.24, 2.45) is 0 Å². The van der Waals surface area contributed by atoms with Gasteiger partial charge in [-0.2, -0.15) is 5.26 Å². The predicted octanol–water partition coefficient (Wildman–Crippen LogP) is 1.25. The minimum absolute atomic E-state index is 0.201. The largest absolute Gasteiger partial charge is 0.497 e. The molecule has 2 aromatic carbocycles. The molecule has 0 fully saturated rings. The highest BCUT2D eigenvalue weighted by Crippen LogP contribution is 2.17. The molecule has 0 aliphatic rings. The van der Waals surface area contributed by atoms with Gasteiger partial charge in [0.05, 0.1) is 14.2 Å². The number of amides is 1. The van der Waals surface area contributed by atoms with Gasteiger partial charge in [0, 0.05) is 17.8 Å². The number of hydrogen-bond acceptors (Lipinski definition) is 5. The van der Waals surface area contributed by atoms with Gasteiger partial charge in [-0.1, -0.05) is 22.0 Å². The van der Waals surface area contributed by atoms with E-state index in [0.717, 1.165) is 0 Å². The predicted molar refractivity (Wildman–Crippen MR) is 99.7 cm³/mol. The summed E-state index contributed by atoms with van der Waals surface area (Å²) in [6, 6.07) is 15.4. The van der Waals surface area contributed by atoms with Gasteiger partial charge in [0.2, 0.25) is 0 Å². The summed E-state index contributed by atoms with van der Waals surface area (Å²) in [5, 5.41) is 14.5. The van der Waals surface area contributed by atoms with Crippen LogP contribution in [0.1, 0.15) is 10.5 Å². The Bertz CT molecular complexity index is 1110. The Morgan fingerprint density at radius 2 is 1.86 bits per heavy atom. The fourth-order valence-corrected chi connectivity index (χ4v) is 2.66. The molecule has 142 valence electrons. The second-order valence-electron chi connectivity index (χ2n) is 5.72. The maximum Gasteiger partial charge on any atom is 0.411 e. The fourth-order valence-electron chi connectivity index (χ4n) is 2.66. The molecule has 1 heterocycles. The monoisotopic (exact) mass is 380 g/mol. The fraction of sp³-hybridized carbons (Fsp3) is 0.158. The summed E-state index contributed by atoms with van der Waals surface area (Å²) in [7, 11) is 3.03. The molecule has 0 spiro atoms. The van der Waals surface area contributed by atoms with Crippen LogP contribution in [0.25, 0.3) is 5.69 Å². The number of nitriles is 1. The Balaban J connectivity index is 2.02. The summed E-state index contributed by atoms with van der Waals surface area (Å²) in [6.45, 7) is -0.201. The van der Waals surface area contributed by atoms with Crippen molar-refractivity contribution in [2.75, 3.05) is 19.5 Å². The molecule has 0 saturated heterocycles. The minimum atomic E-state index is -0.647. The van der Waals surface area contributed by atoms with Crippen LogP contribution in [0.4, 0.5) is 5.69 Å². The number of rotatable bonds is 6. The first-order chi connectivity index (χ1) is 13.6. The van der Waals surface area contributed by atoms with E-state index >= 15 is 0 Å². The molecule has 0 saturated carbocycles. The number of ether oxygens (including phenoxy) is 2. The molecule has 0 radical (unpaired) electrons. The van der Waals surface area contributed by atoms with Gasteiger partial charge in [-0.15, -0.1) is 4.68 Å². The van der Waals surface area contributed by atoms with E-state index in [9.17, 15) is 9.59 Å². The lowest BCUT2D eigenvalue weighted by atomic mass is 10.3. The van der Waals surface area contributed by atoms with E-state index in [0.29, 0.717) is 22.9 Å². The van der Waals surface area contributed by atoms with E-state index in [1.807, 2.05) is 6.07 Å². The summed E-state index contributed by atoms with van der Waals surface area (Å²) in [5.74, 6) is 0.463. The summed E-state index contributed by atoms with van der Waals surface area (Å²) in [4.78, 5) is 25.7. The minimum Gasteiger partial charge on any atom is -0.497 e. The maximum atomic E-state index is 12.9. The van der Waals surface area contributed by atoms with E-state index in [1.54, 1.807) is 48.5 Å². The van der Waals surface area contributed by atoms with Crippen molar-refractivity contribution in [1.29, 1.82) is 5.26 Å². The third-order valence-corrected chi connectivity index (χ3v) is 3.98. The summed E-state index contributed by atoms with van der Waals surface area (Å²) < 4.78 is 12.7. The van der Waals surface area contributed by atoms with Crippen LogP contribution in [0.2, 0.25) is 0 Å². The van der Waals surface area contributed by atoms with Crippen LogP contribution in [-0.2, 0) is 6.54 Å². The number of carbonyl (C=O) groups excluding carboxylic acids is 1. The molecule has 0 atom stereocenters. The quantitative estimate of drug-likeness (QED) is 0.625. The molecule has 0 aliphatic heterocycles. The summed E-state index contributed by atoms with van der Waals surface area (Å²) in [5.41, 5.74) is 0.133. The van der Waals surface area contributed by atoms with Crippen molar-refractivity contribution in [1.82, 2.24) is 9.90 Å². The number of aromatic nitrogens is 3. The average molecular weight is 380 g/mol. The van der Waals surface area contributed by atoms with Crippen LogP contribution in [-0.4, -0.2) is 30.0 Å². The number of nitrogens with one attached hydrogen (secondary N) is 2. The van der Waals surface area contributed by atoms with Crippen LogP contribution in [0.3, 0.4) is 0 Å². The van der Waals surface area contributed by atoms with Crippen LogP contribution < -0.4 is 25.0 Å². The Morgan fingerprint density at radius 1 is 1.18 bits per heavy atom. The van der Waals surface area contributed by atoms with E-state index in [1.165, 1.54) is 23.6 Å². The SMILES string of the molecule is COc1cccc(NC(=O)c2c(=O)n(-c3cccc(OC)c3)[nH][n+]2CC#N)c1. The van der Waals surface area contributed by atoms with Gasteiger partial charge >= 0.3 is 17.2 Å². The van der Waals surface area contributed by atoms with Crippen LogP contribution in [0, 0.1) is 11.3 Å². The van der Waals surface area contributed by atoms with Crippen molar-refractivity contribution in [3.8, 4) is 23.3 Å². The first kappa shape index (κ1) is 18.7. The van der Waals surface area contributed by atoms with Crippen molar-refractivity contribution in [3.63, 3.8) is 0 Å². The molecule has 3 aromatic rings. The number of H-pyrrole nitrogens is 1. The van der Waals surface area contributed by atoms with Gasteiger partial charge < -0.3 is 14.8 Å². The third-order valence-electron chi connectivity index (χ3n) is 3.98. The molecular formula is C19H18N5O4+. The van der Waals surface area contributed by atoms with Gasteiger partial charge in [-0.3, -0.25) is 4.79 Å². The molecule has 0 unspecified atom stereocenters. The van der Waals surface area contributed by atoms with Gasteiger partial charge in [0.1, 0.15) is 17.6 Å². The first-order valence-corrected chi connectivity index (χ1v) is 8.29. The normalized spacial score (nSPS) is 10.2. The lowest BCUT2D eigenvalue weighted by molar-refractivity contribution is -0.745. The molecule has 9 heteroatoms. The number of methoxy groups -OCH3 is 2. The van der Waals surface area contributed by atoms with E-state index in [4.69, 9.17) is 14.7 Å². The Morgan fingerprint density at radius 3 is 2.54 bits per heavy atom. The van der Waals surface area contributed by atoms with Crippen LogP contribution in [0.5, 0.6) is 11.5 Å². The molecule has 2 N–H and O–H groups in total. The molecule has 28 heavy (non-hydrogen) atoms. The van der Waals surface area contributed by atoms with Crippen molar-refractivity contribution < 1.29 is 19.0 Å². The third kappa shape index (κ3) is 3.71. The summed E-state index contributed by atoms with van der Waals surface area (Å²) >= 11 is 0. The smallest absolute Gasteiger partial charge is 0.411 e. The highest BCUT2D eigenvalue weighted by molar-refractivity contribution is 6.01. The zero-order chi connectivity index (χ0) is 20.1. The standard InChI is InChI=1S/C19H17N5O4/c1-27-15-7-3-5-13(11-15)21-18(25)17-19(26)24(22-23(17)10-9-20)14-6-4-8-16(12-14)28-2/h3-8,11-12H,10H2,1-2H3,(H-,21,22,25,26)/p+1. The number of hydrogen-bond donors (Lipinski definition) is 2. The lowest BCUT2D eigenvalue weighted by Crippen LogP contribution is -2.44. The average Bonchev–Trinajstić information content (AvgIpc) is 3.04. The van der Waals surface area contributed by atoms with Crippen molar-refractivity contribution in [2.45, 2.75) is 6.54 Å². The van der Waals surface area contributed by atoms with E-state index in [-0.39, 0.29) is 12.2 Å². The lowest BCUT2D eigenvalue weighted by Gasteiger charge is -2.04. The molecular weight excluding hydrogens is 362 g/mol. The topological polar surface area (TPSA) is 113 Å². The second kappa shape index (κ2) is 8.09. The number of anilines is 1. The maximum absolute atomic E-state index is 12.9. The molecule has 0 bridgehead atoms. The van der Waals surface area contributed by atoms with Gasteiger partial charge in [0.25, 0.3) is 0 Å². The Hall–Kier alpha value is -4.06. The van der Waals surface area contributed by atoms with Crippen molar-refractivity contribution in [3.05, 3.63) is 64.6 Å². The van der Waals surface area contributed by atoms with Crippen molar-refractivity contribution >= 4 is 11.6 Å². The van der Waals surface area contributed by atoms with Gasteiger partial charge in [-0.05, 0) is 24.3 Å². The molecule has 9 nitrogen and oxygen atoms in total. The van der Waals surface area contributed by atoms with E-state index < -0.39 is 11.5 Å². The molecule has 0 aliphatic carbocycles. The number of nitrogens with zero attached hydrogens (tertiary/aromatic N) is 3. The number of benzene rings is 2. The van der Waals surface area contributed by atoms with Gasteiger partial charge in [-0.25, -0.2) is 4.79 Å². The Kier molecular flexibility index (Phi) is 5.41. The zero-order valence-electron chi connectivity index (χ0n) is 15.3. The van der Waals surface area contributed by atoms with Crippen LogP contribution >= 0.6 is 0 Å². The van der Waals surface area contributed by atoms with Gasteiger partial charge in [0.15, 0.2) is 12.2 Å². The molecule has 1 amide bonds. The number of carbonyl (C=O) groups is 1. The van der Waals surface area contributed by atoms with E-state index in [2.05, 4.69) is 10.5 Å². The first-order valence-electron chi connectivity index (χ1n) is 8.29. The molecule has 1 aromatic heterocycles. The highest BCUT2D eigenvalue weighted by Gasteiger charge is 2.29.